The molecular weight excluding hydrogens is 640 g/mol. The molecule has 49 heavy (non-hydrogen) atoms. The summed E-state index contributed by atoms with van der Waals surface area (Å²) in [6, 6.07) is 23.6. The zero-order valence-electron chi connectivity index (χ0n) is 27.8. The molecule has 0 amide bonds. The van der Waals surface area contributed by atoms with Gasteiger partial charge in [-0.1, -0.05) is 42.0 Å². The molecule has 1 fully saturated rings. The highest BCUT2D eigenvalue weighted by molar-refractivity contribution is 7.90. The van der Waals surface area contributed by atoms with Crippen LogP contribution >= 0.6 is 0 Å². The van der Waals surface area contributed by atoms with Crippen LogP contribution in [0.15, 0.2) is 102 Å². The molecule has 3 aromatic carbocycles. The van der Waals surface area contributed by atoms with Crippen LogP contribution in [0.1, 0.15) is 23.7 Å². The lowest BCUT2D eigenvalue weighted by atomic mass is 10.0. The number of pyridine rings is 1. The molecule has 0 aliphatic carbocycles. The number of benzene rings is 3. The van der Waals surface area contributed by atoms with Crippen LogP contribution in [0.5, 0.6) is 0 Å². The van der Waals surface area contributed by atoms with E-state index in [-0.39, 0.29) is 16.8 Å². The van der Waals surface area contributed by atoms with Gasteiger partial charge in [-0.15, -0.1) is 0 Å². The maximum absolute atomic E-state index is 14.0. The molecule has 1 aliphatic heterocycles. The molecule has 0 spiro atoms. The Kier molecular flexibility index (Phi) is 8.82. The predicted molar refractivity (Wildman–Crippen MR) is 191 cm³/mol. The molecule has 6 aromatic rings. The van der Waals surface area contributed by atoms with Gasteiger partial charge in [0.25, 0.3) is 10.0 Å². The molecule has 11 heteroatoms. The third-order valence-corrected chi connectivity index (χ3v) is 10.9. The average molecular weight is 679 g/mol. The SMILES string of the molecule is Cc1ccc(S(=O)(=O)n2cc(-c3cnn(Cc4cccc(F)c4)c3C)c3cc(-c4ccc(N5CCN(CC(C)O)CC5)cc4)cnc32)cc1. The predicted octanol–water partition coefficient (Wildman–Crippen LogP) is 6.11. The van der Waals surface area contributed by atoms with Crippen LogP contribution in [0, 0.1) is 19.7 Å². The van der Waals surface area contributed by atoms with Gasteiger partial charge >= 0.3 is 0 Å². The van der Waals surface area contributed by atoms with Gasteiger partial charge in [0.15, 0.2) is 5.65 Å². The zero-order chi connectivity index (χ0) is 34.3. The quantitative estimate of drug-likeness (QED) is 0.197. The number of aliphatic hydroxyl groups excluding tert-OH is 1. The third kappa shape index (κ3) is 6.61. The summed E-state index contributed by atoms with van der Waals surface area (Å²) < 4.78 is 45.0. The summed E-state index contributed by atoms with van der Waals surface area (Å²) in [6.45, 7) is 10.3. The second-order valence-electron chi connectivity index (χ2n) is 12.9. The van der Waals surface area contributed by atoms with E-state index in [2.05, 4.69) is 39.2 Å². The first-order valence-electron chi connectivity index (χ1n) is 16.4. The number of aryl methyl sites for hydroxylation is 1. The van der Waals surface area contributed by atoms with Crippen molar-refractivity contribution in [2.45, 2.75) is 38.3 Å². The summed E-state index contributed by atoms with van der Waals surface area (Å²) >= 11 is 0. The molecular formula is C38H39FN6O3S. The largest absolute Gasteiger partial charge is 0.392 e. The molecule has 9 nitrogen and oxygen atoms in total. The molecule has 1 unspecified atom stereocenters. The van der Waals surface area contributed by atoms with Gasteiger partial charge in [-0.2, -0.15) is 5.10 Å². The van der Waals surface area contributed by atoms with Gasteiger partial charge in [0.2, 0.25) is 0 Å². The molecule has 0 radical (unpaired) electrons. The summed E-state index contributed by atoms with van der Waals surface area (Å²) in [7, 11) is -3.97. The second kappa shape index (κ2) is 13.2. The number of rotatable bonds is 9. The van der Waals surface area contributed by atoms with Crippen LogP contribution in [0.3, 0.4) is 0 Å². The smallest absolute Gasteiger partial charge is 0.269 e. The number of anilines is 1. The number of piperazine rings is 1. The molecule has 0 saturated carbocycles. The molecule has 1 aliphatic rings. The van der Waals surface area contributed by atoms with Gasteiger partial charge in [0.05, 0.1) is 23.7 Å². The summed E-state index contributed by atoms with van der Waals surface area (Å²) in [5.74, 6) is -0.311. The van der Waals surface area contributed by atoms with Crippen LogP contribution in [-0.2, 0) is 16.6 Å². The number of aliphatic hydroxyl groups is 1. The van der Waals surface area contributed by atoms with Gasteiger partial charge in [0.1, 0.15) is 5.82 Å². The fourth-order valence-corrected chi connectivity index (χ4v) is 7.89. The van der Waals surface area contributed by atoms with Crippen molar-refractivity contribution in [2.75, 3.05) is 37.6 Å². The zero-order valence-corrected chi connectivity index (χ0v) is 28.6. The minimum atomic E-state index is -3.97. The summed E-state index contributed by atoms with van der Waals surface area (Å²) in [4.78, 5) is 9.56. The Hall–Kier alpha value is -4.84. The van der Waals surface area contributed by atoms with Crippen LogP contribution in [-0.4, -0.2) is 76.0 Å². The van der Waals surface area contributed by atoms with Crippen molar-refractivity contribution < 1.29 is 17.9 Å². The van der Waals surface area contributed by atoms with Crippen molar-refractivity contribution in [1.82, 2.24) is 23.6 Å². The van der Waals surface area contributed by atoms with Crippen LogP contribution < -0.4 is 4.90 Å². The summed E-state index contributed by atoms with van der Waals surface area (Å²) in [5.41, 5.74) is 7.29. The number of aromatic nitrogens is 4. The highest BCUT2D eigenvalue weighted by atomic mass is 32.2. The molecule has 1 N–H and O–H groups in total. The number of halogens is 1. The first-order valence-corrected chi connectivity index (χ1v) is 17.9. The van der Waals surface area contributed by atoms with E-state index in [9.17, 15) is 17.9 Å². The number of β-amino-alcohol motifs (C(OH)–C–C–N with tert-alkyl or cyclic N) is 1. The minimum absolute atomic E-state index is 0.174. The van der Waals surface area contributed by atoms with Gasteiger partial charge in [-0.05, 0) is 74.4 Å². The van der Waals surface area contributed by atoms with Gasteiger partial charge in [-0.3, -0.25) is 9.58 Å². The van der Waals surface area contributed by atoms with E-state index in [1.165, 1.54) is 16.1 Å². The van der Waals surface area contributed by atoms with Crippen molar-refractivity contribution in [3.8, 4) is 22.3 Å². The minimum Gasteiger partial charge on any atom is -0.392 e. The third-order valence-electron chi connectivity index (χ3n) is 9.26. The van der Waals surface area contributed by atoms with Crippen molar-refractivity contribution in [3.05, 3.63) is 120 Å². The van der Waals surface area contributed by atoms with Crippen molar-refractivity contribution >= 4 is 26.7 Å². The van der Waals surface area contributed by atoms with Crippen molar-refractivity contribution in [3.63, 3.8) is 0 Å². The first kappa shape index (κ1) is 32.7. The normalized spacial score (nSPS) is 14.8. The fraction of sp³-hybridized carbons (Fsp3) is 0.263. The first-order chi connectivity index (χ1) is 23.6. The number of fused-ring (bicyclic) bond motifs is 1. The van der Waals surface area contributed by atoms with Crippen molar-refractivity contribution in [1.29, 1.82) is 0 Å². The fourth-order valence-electron chi connectivity index (χ4n) is 6.56. The van der Waals surface area contributed by atoms with Crippen LogP contribution in [0.2, 0.25) is 0 Å². The monoisotopic (exact) mass is 678 g/mol. The highest BCUT2D eigenvalue weighted by Gasteiger charge is 2.25. The Morgan fingerprint density at radius 1 is 0.878 bits per heavy atom. The van der Waals surface area contributed by atoms with E-state index < -0.39 is 10.0 Å². The number of nitrogens with zero attached hydrogens (tertiary/aromatic N) is 6. The van der Waals surface area contributed by atoms with Gasteiger partial charge < -0.3 is 10.0 Å². The van der Waals surface area contributed by atoms with E-state index in [4.69, 9.17) is 4.98 Å². The van der Waals surface area contributed by atoms with E-state index in [0.717, 1.165) is 65.4 Å². The van der Waals surface area contributed by atoms with Crippen LogP contribution in [0.25, 0.3) is 33.3 Å². The topological polar surface area (TPSA) is 96.5 Å². The number of hydrogen-bond acceptors (Lipinski definition) is 7. The Morgan fingerprint density at radius 2 is 1.61 bits per heavy atom. The highest BCUT2D eigenvalue weighted by Crippen LogP contribution is 2.36. The maximum Gasteiger partial charge on any atom is 0.269 e. The standard InChI is InChI=1S/C38H39FN6O3S/c1-26-7-13-34(14-8-26)49(47,48)45-25-37(36-22-41-44(28(36)3)24-29-5-4-6-32(39)19-29)35-20-31(21-40-38(35)45)30-9-11-33(12-10-30)43-17-15-42(16-18-43)23-27(2)46/h4-14,19-22,25,27,46H,15-18,23-24H2,1-3H3. The second-order valence-corrected chi connectivity index (χ2v) is 14.7. The maximum atomic E-state index is 14.0. The average Bonchev–Trinajstić information content (AvgIpc) is 3.65. The molecule has 7 rings (SSSR count). The molecule has 1 atom stereocenters. The van der Waals surface area contributed by atoms with E-state index in [1.807, 2.05) is 32.9 Å². The lowest BCUT2D eigenvalue weighted by molar-refractivity contribution is 0.123. The lowest BCUT2D eigenvalue weighted by Crippen LogP contribution is -2.48. The number of hydrogen-bond donors (Lipinski definition) is 1. The molecule has 4 heterocycles. The molecule has 3 aromatic heterocycles. The Morgan fingerprint density at radius 3 is 2.31 bits per heavy atom. The van der Waals surface area contributed by atoms with Gasteiger partial charge in [-0.25, -0.2) is 21.8 Å². The molecule has 1 saturated heterocycles. The lowest BCUT2D eigenvalue weighted by Gasteiger charge is -2.36. The van der Waals surface area contributed by atoms with E-state index in [1.54, 1.807) is 53.6 Å². The van der Waals surface area contributed by atoms with E-state index >= 15 is 0 Å². The Bertz CT molecular complexity index is 2220. The Labute approximate surface area is 285 Å². The molecule has 252 valence electrons. The molecule has 0 bridgehead atoms. The summed E-state index contributed by atoms with van der Waals surface area (Å²) in [5, 5.41) is 15.0. The van der Waals surface area contributed by atoms with Crippen molar-refractivity contribution in [2.24, 2.45) is 0 Å². The van der Waals surface area contributed by atoms with Gasteiger partial charge in [0, 0.05) is 78.6 Å². The Balaban J connectivity index is 1.26. The summed E-state index contributed by atoms with van der Waals surface area (Å²) in [6.07, 6.45) is 4.75. The van der Waals surface area contributed by atoms with E-state index in [0.29, 0.717) is 29.7 Å². The van der Waals surface area contributed by atoms with Crippen LogP contribution in [0.4, 0.5) is 10.1 Å².